The fraction of sp³-hybridized carbons (Fsp3) is 0.267. The Bertz CT molecular complexity index is 597. The molecule has 1 atom stereocenters. The van der Waals surface area contributed by atoms with Gasteiger partial charge in [0.1, 0.15) is 0 Å². The normalized spacial score (nSPS) is 12.2. The maximum atomic E-state index is 11.8. The molecule has 0 radical (unpaired) electrons. The van der Waals surface area contributed by atoms with Gasteiger partial charge in [0.25, 0.3) is 5.91 Å². The first-order chi connectivity index (χ1) is 9.56. The van der Waals surface area contributed by atoms with Gasteiger partial charge in [0.15, 0.2) is 0 Å². The quantitative estimate of drug-likeness (QED) is 0.887. The first-order valence-corrected chi connectivity index (χ1v) is 7.59. The Morgan fingerprint density at radius 1 is 1.45 bits per heavy atom. The number of hydrogen-bond donors (Lipinski definition) is 2. The summed E-state index contributed by atoms with van der Waals surface area (Å²) in [4.78, 5) is 12.5. The van der Waals surface area contributed by atoms with E-state index >= 15 is 0 Å². The molecule has 0 aliphatic heterocycles. The number of aliphatic hydroxyl groups excluding tert-OH is 1. The van der Waals surface area contributed by atoms with E-state index in [2.05, 4.69) is 5.32 Å². The smallest absolute Gasteiger partial charge is 0.261 e. The van der Waals surface area contributed by atoms with Gasteiger partial charge in [-0.2, -0.15) is 0 Å². The topological polar surface area (TPSA) is 49.3 Å². The van der Waals surface area contributed by atoms with Crippen LogP contribution in [0, 0.1) is 6.92 Å². The summed E-state index contributed by atoms with van der Waals surface area (Å²) < 4.78 is 0. The van der Waals surface area contributed by atoms with E-state index in [4.69, 9.17) is 11.6 Å². The van der Waals surface area contributed by atoms with E-state index in [0.717, 1.165) is 11.1 Å². The molecule has 2 N–H and O–H groups in total. The molecule has 0 fully saturated rings. The molecule has 1 amide bonds. The van der Waals surface area contributed by atoms with Crippen LogP contribution in [0.3, 0.4) is 0 Å². The summed E-state index contributed by atoms with van der Waals surface area (Å²) in [6.45, 7) is 2.37. The summed E-state index contributed by atoms with van der Waals surface area (Å²) in [5.74, 6) is -0.0959. The van der Waals surface area contributed by atoms with Crippen LogP contribution in [0.5, 0.6) is 0 Å². The molecule has 1 heterocycles. The van der Waals surface area contributed by atoms with Crippen LogP contribution in [0.1, 0.15) is 33.3 Å². The Labute approximate surface area is 127 Å². The van der Waals surface area contributed by atoms with E-state index in [1.807, 2.05) is 24.4 Å². The molecular weight excluding hydrogens is 294 g/mol. The van der Waals surface area contributed by atoms with Gasteiger partial charge >= 0.3 is 0 Å². The minimum absolute atomic E-state index is 0.0959. The number of nitrogens with one attached hydrogen (secondary N) is 1. The van der Waals surface area contributed by atoms with Gasteiger partial charge < -0.3 is 10.4 Å². The lowest BCUT2D eigenvalue weighted by molar-refractivity contribution is 0.0946. The highest BCUT2D eigenvalue weighted by Gasteiger charge is 2.10. The zero-order valence-electron chi connectivity index (χ0n) is 11.1. The average molecular weight is 310 g/mol. The van der Waals surface area contributed by atoms with E-state index in [-0.39, 0.29) is 5.91 Å². The van der Waals surface area contributed by atoms with Crippen LogP contribution in [-0.4, -0.2) is 17.6 Å². The highest BCUT2D eigenvalue weighted by atomic mass is 35.5. The number of halogens is 1. The van der Waals surface area contributed by atoms with Gasteiger partial charge in [-0.3, -0.25) is 4.79 Å². The molecule has 0 aliphatic carbocycles. The lowest BCUT2D eigenvalue weighted by Crippen LogP contribution is -2.24. The monoisotopic (exact) mass is 309 g/mol. The molecule has 1 aromatic carbocycles. The second-order valence-corrected chi connectivity index (χ2v) is 5.95. The molecule has 106 valence electrons. The summed E-state index contributed by atoms with van der Waals surface area (Å²) in [5.41, 5.74) is 1.85. The van der Waals surface area contributed by atoms with E-state index in [1.54, 1.807) is 18.2 Å². The second-order valence-electron chi connectivity index (χ2n) is 4.60. The number of aryl methyl sites for hydroxylation is 1. The maximum absolute atomic E-state index is 11.8. The van der Waals surface area contributed by atoms with Crippen molar-refractivity contribution >= 4 is 28.8 Å². The predicted octanol–water partition coefficient (Wildman–Crippen LogP) is 3.56. The molecule has 5 heteroatoms. The van der Waals surface area contributed by atoms with Crippen LogP contribution < -0.4 is 5.32 Å². The summed E-state index contributed by atoms with van der Waals surface area (Å²) in [7, 11) is 0. The van der Waals surface area contributed by atoms with Crippen LogP contribution in [0.2, 0.25) is 5.02 Å². The highest BCUT2D eigenvalue weighted by molar-refractivity contribution is 7.12. The van der Waals surface area contributed by atoms with Crippen LogP contribution >= 0.6 is 22.9 Å². The standard InChI is InChI=1S/C15H16ClNO2S/c1-10-7-14(20-9-10)15(19)17-6-5-13(18)11-3-2-4-12(16)8-11/h2-4,7-9,13,18H,5-6H2,1H3,(H,17,19)/t13-/m1/s1. The molecular formula is C15H16ClNO2S. The van der Waals surface area contributed by atoms with Crippen molar-refractivity contribution in [3.8, 4) is 0 Å². The Balaban J connectivity index is 1.82. The predicted molar refractivity (Wildman–Crippen MR) is 82.4 cm³/mol. The van der Waals surface area contributed by atoms with E-state index in [9.17, 15) is 9.90 Å². The first kappa shape index (κ1) is 15.0. The Morgan fingerprint density at radius 2 is 2.25 bits per heavy atom. The van der Waals surface area contributed by atoms with E-state index < -0.39 is 6.10 Å². The third kappa shape index (κ3) is 4.07. The van der Waals surface area contributed by atoms with Crippen molar-refractivity contribution < 1.29 is 9.90 Å². The van der Waals surface area contributed by atoms with E-state index in [0.29, 0.717) is 22.9 Å². The van der Waals surface area contributed by atoms with Gasteiger partial charge in [0.2, 0.25) is 0 Å². The zero-order chi connectivity index (χ0) is 14.5. The molecule has 20 heavy (non-hydrogen) atoms. The Morgan fingerprint density at radius 3 is 2.90 bits per heavy atom. The van der Waals surface area contributed by atoms with Crippen LogP contribution in [0.25, 0.3) is 0 Å². The largest absolute Gasteiger partial charge is 0.388 e. The molecule has 0 bridgehead atoms. The number of amides is 1. The summed E-state index contributed by atoms with van der Waals surface area (Å²) in [6, 6.07) is 8.97. The van der Waals surface area contributed by atoms with Crippen molar-refractivity contribution in [1.82, 2.24) is 5.32 Å². The van der Waals surface area contributed by atoms with Gasteiger partial charge in [-0.1, -0.05) is 23.7 Å². The third-order valence-electron chi connectivity index (χ3n) is 2.89. The molecule has 2 rings (SSSR count). The SMILES string of the molecule is Cc1csc(C(=O)NCC[C@@H](O)c2cccc(Cl)c2)c1. The number of thiophene rings is 1. The van der Waals surface area contributed by atoms with Crippen molar-refractivity contribution in [2.75, 3.05) is 6.54 Å². The molecule has 0 spiro atoms. The Kier molecular flexibility index (Phi) is 5.17. The molecule has 3 nitrogen and oxygen atoms in total. The number of hydrogen-bond acceptors (Lipinski definition) is 3. The van der Waals surface area contributed by atoms with Crippen molar-refractivity contribution in [3.05, 3.63) is 56.7 Å². The van der Waals surface area contributed by atoms with Gasteiger partial charge in [0, 0.05) is 11.6 Å². The number of rotatable bonds is 5. The first-order valence-electron chi connectivity index (χ1n) is 6.33. The molecule has 0 saturated heterocycles. The molecule has 1 aromatic heterocycles. The van der Waals surface area contributed by atoms with Crippen LogP contribution in [0.15, 0.2) is 35.7 Å². The number of carbonyl (C=O) groups is 1. The fourth-order valence-electron chi connectivity index (χ4n) is 1.84. The average Bonchev–Trinajstić information content (AvgIpc) is 2.85. The van der Waals surface area contributed by atoms with Crippen molar-refractivity contribution in [2.24, 2.45) is 0 Å². The van der Waals surface area contributed by atoms with Crippen molar-refractivity contribution in [2.45, 2.75) is 19.4 Å². The molecule has 2 aromatic rings. The summed E-state index contributed by atoms with van der Waals surface area (Å²) in [6.07, 6.45) is -0.171. The molecule has 0 saturated carbocycles. The minimum Gasteiger partial charge on any atom is -0.388 e. The highest BCUT2D eigenvalue weighted by Crippen LogP contribution is 2.20. The zero-order valence-corrected chi connectivity index (χ0v) is 12.7. The van der Waals surface area contributed by atoms with E-state index in [1.165, 1.54) is 11.3 Å². The van der Waals surface area contributed by atoms with Crippen LogP contribution in [0.4, 0.5) is 0 Å². The van der Waals surface area contributed by atoms with Gasteiger partial charge in [-0.15, -0.1) is 11.3 Å². The number of benzene rings is 1. The maximum Gasteiger partial charge on any atom is 0.261 e. The van der Waals surface area contributed by atoms with Crippen molar-refractivity contribution in [3.63, 3.8) is 0 Å². The Hall–Kier alpha value is -1.36. The van der Waals surface area contributed by atoms with Gasteiger partial charge in [-0.05, 0) is 48.1 Å². The number of aliphatic hydroxyl groups is 1. The lowest BCUT2D eigenvalue weighted by atomic mass is 10.1. The lowest BCUT2D eigenvalue weighted by Gasteiger charge is -2.11. The van der Waals surface area contributed by atoms with Crippen molar-refractivity contribution in [1.29, 1.82) is 0 Å². The third-order valence-corrected chi connectivity index (χ3v) is 4.17. The molecule has 0 unspecified atom stereocenters. The van der Waals surface area contributed by atoms with Gasteiger partial charge in [0.05, 0.1) is 11.0 Å². The minimum atomic E-state index is -0.626. The second kappa shape index (κ2) is 6.88. The van der Waals surface area contributed by atoms with Gasteiger partial charge in [-0.25, -0.2) is 0 Å². The summed E-state index contributed by atoms with van der Waals surface area (Å²) in [5, 5.41) is 15.4. The fourth-order valence-corrected chi connectivity index (χ4v) is 2.85. The molecule has 0 aliphatic rings. The number of carbonyl (C=O) groups excluding carboxylic acids is 1. The summed E-state index contributed by atoms with van der Waals surface area (Å²) >= 11 is 7.30. The van der Waals surface area contributed by atoms with Crippen LogP contribution in [-0.2, 0) is 0 Å².